The SMILES string of the molecule is CS(=O)(=O)OC[C@H]1CN(Cc2ccccc2)C[C@@H]1OS(C)(=O)=O. The number of rotatable bonds is 7. The first kappa shape index (κ1) is 18.3. The standard InChI is InChI=1S/C14H21NO6S2/c1-22(16,17)20-11-13-9-15(8-12-6-4-3-5-7-12)10-14(13)21-23(2,18)19/h3-7,13-14H,8-11H2,1-2H3/t13-,14+/m1/s1. The van der Waals surface area contributed by atoms with Crippen molar-refractivity contribution in [2.45, 2.75) is 12.6 Å². The van der Waals surface area contributed by atoms with Gasteiger partial charge < -0.3 is 0 Å². The Morgan fingerprint density at radius 1 is 1.04 bits per heavy atom. The van der Waals surface area contributed by atoms with Crippen LogP contribution in [0.15, 0.2) is 30.3 Å². The maximum absolute atomic E-state index is 11.4. The Hall–Kier alpha value is -1.00. The highest BCUT2D eigenvalue weighted by molar-refractivity contribution is 7.86. The molecule has 7 nitrogen and oxygen atoms in total. The van der Waals surface area contributed by atoms with E-state index < -0.39 is 26.3 Å². The Morgan fingerprint density at radius 2 is 1.70 bits per heavy atom. The van der Waals surface area contributed by atoms with Crippen molar-refractivity contribution in [3.8, 4) is 0 Å². The predicted molar refractivity (Wildman–Crippen MR) is 85.7 cm³/mol. The fourth-order valence-corrected chi connectivity index (χ4v) is 3.69. The smallest absolute Gasteiger partial charge is 0.264 e. The molecule has 2 rings (SSSR count). The number of hydrogen-bond donors (Lipinski definition) is 0. The summed E-state index contributed by atoms with van der Waals surface area (Å²) in [5, 5.41) is 0. The van der Waals surface area contributed by atoms with E-state index in [4.69, 9.17) is 8.37 Å². The molecule has 23 heavy (non-hydrogen) atoms. The number of likely N-dealkylation sites (tertiary alicyclic amines) is 1. The summed E-state index contributed by atoms with van der Waals surface area (Å²) in [5.74, 6) is -0.330. The second-order valence-corrected chi connectivity index (χ2v) is 9.01. The van der Waals surface area contributed by atoms with Crippen molar-refractivity contribution in [2.24, 2.45) is 5.92 Å². The lowest BCUT2D eigenvalue weighted by molar-refractivity contribution is 0.141. The van der Waals surface area contributed by atoms with Gasteiger partial charge in [0.1, 0.15) is 0 Å². The van der Waals surface area contributed by atoms with Gasteiger partial charge >= 0.3 is 0 Å². The van der Waals surface area contributed by atoms with Crippen LogP contribution in [0.1, 0.15) is 5.56 Å². The van der Waals surface area contributed by atoms with Crippen LogP contribution in [0, 0.1) is 5.92 Å². The van der Waals surface area contributed by atoms with Crippen molar-refractivity contribution >= 4 is 20.2 Å². The molecule has 0 bridgehead atoms. The largest absolute Gasteiger partial charge is 0.296 e. The molecule has 1 aliphatic rings. The molecule has 9 heteroatoms. The highest BCUT2D eigenvalue weighted by atomic mass is 32.2. The minimum absolute atomic E-state index is 0.0929. The Morgan fingerprint density at radius 3 is 2.26 bits per heavy atom. The topological polar surface area (TPSA) is 90.0 Å². The highest BCUT2D eigenvalue weighted by Gasteiger charge is 2.36. The first-order valence-corrected chi connectivity index (χ1v) is 10.7. The lowest BCUT2D eigenvalue weighted by Crippen LogP contribution is -2.29. The molecule has 130 valence electrons. The maximum Gasteiger partial charge on any atom is 0.264 e. The molecule has 0 saturated carbocycles. The van der Waals surface area contributed by atoms with E-state index >= 15 is 0 Å². The summed E-state index contributed by atoms with van der Waals surface area (Å²) in [6, 6.07) is 9.74. The van der Waals surface area contributed by atoms with Gasteiger partial charge in [-0.15, -0.1) is 0 Å². The molecule has 0 radical (unpaired) electrons. The summed E-state index contributed by atoms with van der Waals surface area (Å²) >= 11 is 0. The zero-order valence-electron chi connectivity index (χ0n) is 13.1. The van der Waals surface area contributed by atoms with Crippen LogP contribution >= 0.6 is 0 Å². The third-order valence-corrected chi connectivity index (χ3v) is 4.66. The van der Waals surface area contributed by atoms with Crippen LogP contribution in [0.4, 0.5) is 0 Å². The van der Waals surface area contributed by atoms with Gasteiger partial charge in [-0.3, -0.25) is 13.3 Å². The fraction of sp³-hybridized carbons (Fsp3) is 0.571. The molecule has 1 aromatic rings. The van der Waals surface area contributed by atoms with Crippen LogP contribution in [-0.2, 0) is 35.1 Å². The van der Waals surface area contributed by atoms with Gasteiger partial charge in [-0.1, -0.05) is 30.3 Å². The molecule has 0 unspecified atom stereocenters. The van der Waals surface area contributed by atoms with E-state index in [1.165, 1.54) is 0 Å². The molecule has 1 aromatic carbocycles. The maximum atomic E-state index is 11.4. The van der Waals surface area contributed by atoms with Crippen LogP contribution in [0.3, 0.4) is 0 Å². The summed E-state index contributed by atoms with van der Waals surface area (Å²) in [5.41, 5.74) is 1.09. The number of nitrogens with zero attached hydrogens (tertiary/aromatic N) is 1. The minimum atomic E-state index is -3.62. The minimum Gasteiger partial charge on any atom is -0.296 e. The average molecular weight is 363 g/mol. The van der Waals surface area contributed by atoms with Gasteiger partial charge in [0, 0.05) is 25.6 Å². The van der Waals surface area contributed by atoms with Crippen molar-refractivity contribution < 1.29 is 25.2 Å². The van der Waals surface area contributed by atoms with Crippen LogP contribution in [-0.4, -0.2) is 60.0 Å². The third-order valence-electron chi connectivity index (χ3n) is 3.50. The van der Waals surface area contributed by atoms with Crippen LogP contribution in [0.25, 0.3) is 0 Å². The van der Waals surface area contributed by atoms with Crippen molar-refractivity contribution in [1.29, 1.82) is 0 Å². The quantitative estimate of drug-likeness (QED) is 0.649. The van der Waals surface area contributed by atoms with Gasteiger partial charge in [0.05, 0.1) is 25.2 Å². The lowest BCUT2D eigenvalue weighted by Gasteiger charge is -2.16. The molecule has 1 heterocycles. The molecule has 1 saturated heterocycles. The monoisotopic (exact) mass is 363 g/mol. The molecule has 1 aliphatic heterocycles. The Labute approximate surface area is 137 Å². The van der Waals surface area contributed by atoms with E-state index in [0.717, 1.165) is 18.1 Å². The van der Waals surface area contributed by atoms with Crippen LogP contribution < -0.4 is 0 Å². The van der Waals surface area contributed by atoms with Gasteiger partial charge in [0.15, 0.2) is 0 Å². The summed E-state index contributed by atoms with van der Waals surface area (Å²) in [4.78, 5) is 2.03. The van der Waals surface area contributed by atoms with Gasteiger partial charge in [-0.2, -0.15) is 16.8 Å². The fourth-order valence-electron chi connectivity index (χ4n) is 2.60. The van der Waals surface area contributed by atoms with Gasteiger partial charge in [-0.05, 0) is 5.56 Å². The van der Waals surface area contributed by atoms with Crippen LogP contribution in [0.5, 0.6) is 0 Å². The zero-order valence-corrected chi connectivity index (χ0v) is 14.7. The van der Waals surface area contributed by atoms with Gasteiger partial charge in [-0.25, -0.2) is 0 Å². The summed E-state index contributed by atoms with van der Waals surface area (Å²) < 4.78 is 55.0. The predicted octanol–water partition coefficient (Wildman–Crippen LogP) is 0.439. The lowest BCUT2D eigenvalue weighted by atomic mass is 10.1. The van der Waals surface area contributed by atoms with Crippen LogP contribution in [0.2, 0.25) is 0 Å². The van der Waals surface area contributed by atoms with E-state index in [0.29, 0.717) is 19.6 Å². The summed E-state index contributed by atoms with van der Waals surface area (Å²) in [6.07, 6.45) is 1.34. The molecular weight excluding hydrogens is 342 g/mol. The van der Waals surface area contributed by atoms with Gasteiger partial charge in [0.25, 0.3) is 20.2 Å². The van der Waals surface area contributed by atoms with E-state index in [1.807, 2.05) is 35.2 Å². The van der Waals surface area contributed by atoms with E-state index in [2.05, 4.69) is 0 Å². The third kappa shape index (κ3) is 6.56. The Kier molecular flexibility index (Phi) is 5.79. The van der Waals surface area contributed by atoms with E-state index in [1.54, 1.807) is 0 Å². The number of hydrogen-bond acceptors (Lipinski definition) is 7. The Bertz CT molecular complexity index is 717. The molecule has 0 N–H and O–H groups in total. The summed E-state index contributed by atoms with van der Waals surface area (Å²) in [6.45, 7) is 1.45. The summed E-state index contributed by atoms with van der Waals surface area (Å²) in [7, 11) is -7.20. The Balaban J connectivity index is 2.04. The van der Waals surface area contributed by atoms with Gasteiger partial charge in [0.2, 0.25) is 0 Å². The van der Waals surface area contributed by atoms with Crippen molar-refractivity contribution in [3.05, 3.63) is 35.9 Å². The van der Waals surface area contributed by atoms with E-state index in [9.17, 15) is 16.8 Å². The van der Waals surface area contributed by atoms with Crippen molar-refractivity contribution in [2.75, 3.05) is 32.2 Å². The average Bonchev–Trinajstić information content (AvgIpc) is 2.76. The number of benzene rings is 1. The molecular formula is C14H21NO6S2. The molecule has 0 spiro atoms. The molecule has 0 aromatic heterocycles. The molecule has 0 aliphatic carbocycles. The second kappa shape index (κ2) is 7.27. The highest BCUT2D eigenvalue weighted by Crippen LogP contribution is 2.24. The van der Waals surface area contributed by atoms with Crippen molar-refractivity contribution in [3.63, 3.8) is 0 Å². The normalized spacial score (nSPS) is 23.2. The molecule has 2 atom stereocenters. The zero-order chi connectivity index (χ0) is 17.1. The molecule has 0 amide bonds. The van der Waals surface area contributed by atoms with Crippen molar-refractivity contribution in [1.82, 2.24) is 4.90 Å². The van der Waals surface area contributed by atoms with E-state index in [-0.39, 0.29) is 12.5 Å². The first-order valence-electron chi connectivity index (χ1n) is 7.11. The first-order chi connectivity index (χ1) is 10.6. The molecule has 1 fully saturated rings. The second-order valence-electron chi connectivity index (χ2n) is 5.77.